The number of carboxylic acids is 1. The van der Waals surface area contributed by atoms with Gasteiger partial charge < -0.3 is 10.4 Å². The Hall–Kier alpha value is -2.93. The van der Waals surface area contributed by atoms with Gasteiger partial charge in [-0.05, 0) is 35.9 Å². The molecule has 0 unspecified atom stereocenters. The number of hydrogen-bond donors (Lipinski definition) is 3. The van der Waals surface area contributed by atoms with E-state index in [9.17, 15) is 9.90 Å². The van der Waals surface area contributed by atoms with Crippen LogP contribution in [0.2, 0.25) is 0 Å². The smallest absolute Gasteiger partial charge is 0.354 e. The summed E-state index contributed by atoms with van der Waals surface area (Å²) in [6, 6.07) is 12.9. The highest BCUT2D eigenvalue weighted by molar-refractivity contribution is 9.10. The molecule has 0 saturated heterocycles. The lowest BCUT2D eigenvalue weighted by Gasteiger charge is -2.13. The Labute approximate surface area is 152 Å². The molecule has 126 valence electrons. The first-order valence-electron chi connectivity index (χ1n) is 7.42. The van der Waals surface area contributed by atoms with Crippen LogP contribution >= 0.6 is 15.9 Å². The van der Waals surface area contributed by atoms with Crippen LogP contribution in [0.3, 0.4) is 0 Å². The van der Waals surface area contributed by atoms with Gasteiger partial charge in [0.15, 0.2) is 0 Å². The van der Waals surface area contributed by atoms with Gasteiger partial charge in [-0.25, -0.2) is 4.79 Å². The predicted octanol–water partition coefficient (Wildman–Crippen LogP) is 4.05. The second kappa shape index (κ2) is 6.90. The van der Waals surface area contributed by atoms with Crippen LogP contribution in [0.1, 0.15) is 5.56 Å². The molecule has 7 heteroatoms. The number of anilines is 2. The summed E-state index contributed by atoms with van der Waals surface area (Å²) in [5, 5.41) is 24.5. The van der Waals surface area contributed by atoms with Crippen molar-refractivity contribution in [2.75, 3.05) is 5.32 Å². The van der Waals surface area contributed by atoms with Crippen LogP contribution in [-0.4, -0.2) is 26.6 Å². The van der Waals surface area contributed by atoms with Crippen molar-refractivity contribution >= 4 is 39.0 Å². The molecule has 3 aromatic rings. The second-order valence-corrected chi connectivity index (χ2v) is 6.39. The molecule has 3 rings (SSSR count). The largest absolute Gasteiger partial charge is 0.477 e. The fourth-order valence-electron chi connectivity index (χ4n) is 2.45. The minimum Gasteiger partial charge on any atom is -0.477 e. The van der Waals surface area contributed by atoms with Gasteiger partial charge >= 0.3 is 5.97 Å². The van der Waals surface area contributed by atoms with Crippen molar-refractivity contribution in [1.29, 1.82) is 5.41 Å². The summed E-state index contributed by atoms with van der Waals surface area (Å²) in [6.45, 7) is 0. The molecule has 0 atom stereocenters. The standard InChI is InChI=1S/C18H15BrN4O2/c1-23-10-12(9-21-23)11-5-6-16(15(7-11)17(20)18(24)25)22-14-4-2-3-13(19)8-14/h2-10,20,22H,1H3,(H,24,25). The monoisotopic (exact) mass is 398 g/mol. The van der Waals surface area contributed by atoms with Crippen LogP contribution in [0.25, 0.3) is 11.1 Å². The van der Waals surface area contributed by atoms with E-state index in [-0.39, 0.29) is 0 Å². The topological polar surface area (TPSA) is 91.0 Å². The summed E-state index contributed by atoms with van der Waals surface area (Å²) >= 11 is 3.41. The maximum absolute atomic E-state index is 11.3. The molecule has 0 aliphatic carbocycles. The lowest BCUT2D eigenvalue weighted by molar-refractivity contribution is -0.129. The molecule has 0 spiro atoms. The number of rotatable bonds is 5. The van der Waals surface area contributed by atoms with Crippen LogP contribution in [0, 0.1) is 5.41 Å². The van der Waals surface area contributed by atoms with E-state index in [1.54, 1.807) is 23.0 Å². The molecule has 0 bridgehead atoms. The third-order valence-corrected chi connectivity index (χ3v) is 4.14. The van der Waals surface area contributed by atoms with Gasteiger partial charge in [-0.3, -0.25) is 10.1 Å². The second-order valence-electron chi connectivity index (χ2n) is 5.48. The van der Waals surface area contributed by atoms with Gasteiger partial charge in [-0.2, -0.15) is 5.10 Å². The summed E-state index contributed by atoms with van der Waals surface area (Å²) in [6.07, 6.45) is 3.54. The maximum Gasteiger partial charge on any atom is 0.354 e. The van der Waals surface area contributed by atoms with Gasteiger partial charge in [0.2, 0.25) is 0 Å². The van der Waals surface area contributed by atoms with Crippen LogP contribution in [-0.2, 0) is 11.8 Å². The summed E-state index contributed by atoms with van der Waals surface area (Å²) in [4.78, 5) is 11.3. The van der Waals surface area contributed by atoms with Crippen LogP contribution < -0.4 is 5.32 Å². The molecular weight excluding hydrogens is 384 g/mol. The normalized spacial score (nSPS) is 10.5. The lowest BCUT2D eigenvalue weighted by Crippen LogP contribution is -2.14. The van der Waals surface area contributed by atoms with E-state index in [0.29, 0.717) is 11.3 Å². The molecule has 0 aliphatic rings. The average Bonchev–Trinajstić information content (AvgIpc) is 3.01. The van der Waals surface area contributed by atoms with Gasteiger partial charge in [0.25, 0.3) is 0 Å². The molecular formula is C18H15BrN4O2. The van der Waals surface area contributed by atoms with E-state index < -0.39 is 11.7 Å². The van der Waals surface area contributed by atoms with Gasteiger partial charge in [-0.1, -0.05) is 28.1 Å². The fourth-order valence-corrected chi connectivity index (χ4v) is 2.85. The van der Waals surface area contributed by atoms with E-state index in [1.807, 2.05) is 43.6 Å². The molecule has 6 nitrogen and oxygen atoms in total. The number of aliphatic carboxylic acids is 1. The van der Waals surface area contributed by atoms with Crippen LogP contribution in [0.5, 0.6) is 0 Å². The van der Waals surface area contributed by atoms with Crippen molar-refractivity contribution in [1.82, 2.24) is 9.78 Å². The number of hydrogen-bond acceptors (Lipinski definition) is 4. The van der Waals surface area contributed by atoms with Gasteiger partial charge in [-0.15, -0.1) is 0 Å². The van der Waals surface area contributed by atoms with E-state index in [1.165, 1.54) is 0 Å². The first-order chi connectivity index (χ1) is 11.9. The molecule has 0 saturated carbocycles. The highest BCUT2D eigenvalue weighted by atomic mass is 79.9. The summed E-state index contributed by atoms with van der Waals surface area (Å²) < 4.78 is 2.57. The Morgan fingerprint density at radius 2 is 2.04 bits per heavy atom. The molecule has 2 aromatic carbocycles. The number of nitrogens with zero attached hydrogens (tertiary/aromatic N) is 2. The molecule has 0 amide bonds. The zero-order chi connectivity index (χ0) is 18.0. The first-order valence-corrected chi connectivity index (χ1v) is 8.21. The summed E-state index contributed by atoms with van der Waals surface area (Å²) in [5.74, 6) is -1.28. The van der Waals surface area contributed by atoms with E-state index >= 15 is 0 Å². The van der Waals surface area contributed by atoms with Gasteiger partial charge in [0, 0.05) is 40.2 Å². The summed E-state index contributed by atoms with van der Waals surface area (Å²) in [7, 11) is 1.81. The molecule has 1 heterocycles. The number of carbonyl (C=O) groups is 1. The highest BCUT2D eigenvalue weighted by Gasteiger charge is 2.16. The third-order valence-electron chi connectivity index (χ3n) is 3.64. The number of aromatic nitrogens is 2. The van der Waals surface area contributed by atoms with Crippen LogP contribution in [0.15, 0.2) is 59.3 Å². The SMILES string of the molecule is Cn1cc(-c2ccc(Nc3cccc(Br)c3)c(C(=N)C(=O)O)c2)cn1. The van der Waals surface area contributed by atoms with Crippen molar-refractivity contribution in [3.05, 3.63) is 64.9 Å². The zero-order valence-corrected chi connectivity index (χ0v) is 14.9. The number of nitrogens with one attached hydrogen (secondary N) is 2. The Morgan fingerprint density at radius 3 is 2.68 bits per heavy atom. The van der Waals surface area contributed by atoms with Gasteiger partial charge in [0.05, 0.1) is 6.20 Å². The first kappa shape index (κ1) is 16.9. The lowest BCUT2D eigenvalue weighted by atomic mass is 10.0. The highest BCUT2D eigenvalue weighted by Crippen LogP contribution is 2.28. The van der Waals surface area contributed by atoms with Crippen molar-refractivity contribution in [3.8, 4) is 11.1 Å². The molecule has 3 N–H and O–H groups in total. The minimum absolute atomic E-state index is 0.314. The Morgan fingerprint density at radius 1 is 1.24 bits per heavy atom. The zero-order valence-electron chi connectivity index (χ0n) is 13.3. The molecule has 25 heavy (non-hydrogen) atoms. The third kappa shape index (κ3) is 3.77. The Bertz CT molecular complexity index is 965. The van der Waals surface area contributed by atoms with E-state index in [0.717, 1.165) is 21.3 Å². The Kier molecular flexibility index (Phi) is 4.67. The minimum atomic E-state index is -1.28. The van der Waals surface area contributed by atoms with Gasteiger partial charge in [0.1, 0.15) is 5.71 Å². The Balaban J connectivity index is 2.05. The quantitative estimate of drug-likeness (QED) is 0.565. The molecule has 0 fully saturated rings. The molecule has 0 radical (unpaired) electrons. The number of aryl methyl sites for hydroxylation is 1. The number of halogens is 1. The van der Waals surface area contributed by atoms with E-state index in [4.69, 9.17) is 5.41 Å². The predicted molar refractivity (Wildman–Crippen MR) is 101 cm³/mol. The van der Waals surface area contributed by atoms with Crippen molar-refractivity contribution < 1.29 is 9.90 Å². The number of benzene rings is 2. The van der Waals surface area contributed by atoms with Crippen molar-refractivity contribution in [2.45, 2.75) is 0 Å². The van der Waals surface area contributed by atoms with Crippen LogP contribution in [0.4, 0.5) is 11.4 Å². The van der Waals surface area contributed by atoms with Crippen molar-refractivity contribution in [2.24, 2.45) is 7.05 Å². The maximum atomic E-state index is 11.3. The average molecular weight is 399 g/mol. The molecule has 0 aliphatic heterocycles. The number of carboxylic acid groups (broad SMARTS) is 1. The fraction of sp³-hybridized carbons (Fsp3) is 0.0556. The molecule has 1 aromatic heterocycles. The van der Waals surface area contributed by atoms with Crippen molar-refractivity contribution in [3.63, 3.8) is 0 Å². The summed E-state index contributed by atoms with van der Waals surface area (Å²) in [5.41, 5.74) is 2.85. The van der Waals surface area contributed by atoms with E-state index in [2.05, 4.69) is 26.3 Å².